The highest BCUT2D eigenvalue weighted by molar-refractivity contribution is 7.45. The Morgan fingerprint density at radius 2 is 1.13 bits per heavy atom. The fraction of sp³-hybridized carbons (Fsp3) is 0.933. The largest absolute Gasteiger partial charge is 0.756 e. The van der Waals surface area contributed by atoms with Crippen LogP contribution in [0.15, 0.2) is 12.2 Å². The molecule has 0 saturated carbocycles. The molecule has 0 aromatic rings. The Bertz CT molecular complexity index is 997. The smallest absolute Gasteiger partial charge is 0.268 e. The van der Waals surface area contributed by atoms with E-state index in [1.807, 2.05) is 27.2 Å². The molecule has 0 spiro atoms. The van der Waals surface area contributed by atoms with Crippen LogP contribution < -0.4 is 10.2 Å². The second-order valence-corrected chi connectivity index (χ2v) is 25.0. The quantitative estimate of drug-likeness (QED) is 0.0166. The van der Waals surface area contributed by atoms with Crippen molar-refractivity contribution < 1.29 is 32.2 Å². The van der Waals surface area contributed by atoms with E-state index in [1.165, 1.54) is 128 Å². The summed E-state index contributed by atoms with van der Waals surface area (Å²) in [7, 11) is -0.951. The molecule has 10 heteroatoms. The molecule has 328 valence electrons. The maximum Gasteiger partial charge on any atom is 0.268 e. The lowest BCUT2D eigenvalue weighted by molar-refractivity contribution is -0.870. The summed E-state index contributed by atoms with van der Waals surface area (Å²) in [5.74, 6) is -0.0917. The number of phosphoric acid groups is 1. The first-order chi connectivity index (χ1) is 25.9. The van der Waals surface area contributed by atoms with Gasteiger partial charge in [-0.25, -0.2) is 0 Å². The molecule has 0 fully saturated rings. The lowest BCUT2D eigenvalue weighted by atomic mass is 10.0. The third-order valence-corrected chi connectivity index (χ3v) is 16.6. The molecule has 0 aromatic heterocycles. The maximum absolute atomic E-state index is 13.4. The van der Waals surface area contributed by atoms with Gasteiger partial charge in [0.25, 0.3) is 7.82 Å². The number of likely N-dealkylation sites (N-methyl/N-ethyl adjacent to an activating group) is 1. The molecule has 0 aliphatic heterocycles. The van der Waals surface area contributed by atoms with Crippen LogP contribution in [0.5, 0.6) is 0 Å². The van der Waals surface area contributed by atoms with E-state index < -0.39 is 28.3 Å². The first-order valence-electron chi connectivity index (χ1n) is 23.0. The number of nitrogens with one attached hydrogen (secondary N) is 1. The normalized spacial score (nSPS) is 15.0. The first kappa shape index (κ1) is 54.5. The molecule has 55 heavy (non-hydrogen) atoms. The summed E-state index contributed by atoms with van der Waals surface area (Å²) in [6.07, 6.45) is 35.5. The van der Waals surface area contributed by atoms with Crippen molar-refractivity contribution in [3.63, 3.8) is 0 Å². The third kappa shape index (κ3) is 33.0. The number of rotatable bonds is 38. The molecule has 8 nitrogen and oxygen atoms in total. The number of unbranched alkanes of at least 4 members (excludes halogenated alkanes) is 23. The van der Waals surface area contributed by atoms with E-state index >= 15 is 0 Å². The molecule has 3 atom stereocenters. The second-order valence-electron chi connectivity index (χ2n) is 18.9. The van der Waals surface area contributed by atoms with Crippen molar-refractivity contribution in [2.24, 2.45) is 0 Å². The van der Waals surface area contributed by atoms with Gasteiger partial charge in [-0.15, -0.1) is 0 Å². The zero-order valence-electron chi connectivity index (χ0n) is 38.2. The van der Waals surface area contributed by atoms with Gasteiger partial charge >= 0.3 is 0 Å². The molecule has 1 unspecified atom stereocenters. The lowest BCUT2D eigenvalue weighted by Gasteiger charge is -2.41. The van der Waals surface area contributed by atoms with Gasteiger partial charge in [0.15, 0.2) is 8.32 Å². The van der Waals surface area contributed by atoms with Crippen molar-refractivity contribution in [1.82, 2.24) is 5.32 Å². The van der Waals surface area contributed by atoms with Crippen LogP contribution in [0, 0.1) is 0 Å². The van der Waals surface area contributed by atoms with Gasteiger partial charge in [0, 0.05) is 6.42 Å². The summed E-state index contributed by atoms with van der Waals surface area (Å²) in [6.45, 7) is 15.8. The van der Waals surface area contributed by atoms with Crippen LogP contribution in [0.4, 0.5) is 0 Å². The minimum absolute atomic E-state index is 0.0309. The van der Waals surface area contributed by atoms with E-state index in [9.17, 15) is 14.3 Å². The number of hydrogen-bond donors (Lipinski definition) is 1. The Labute approximate surface area is 343 Å². The topological polar surface area (TPSA) is 96.9 Å². The van der Waals surface area contributed by atoms with Crippen LogP contribution in [0.3, 0.4) is 0 Å². The molecule has 1 amide bonds. The molecular weight excluding hydrogens is 725 g/mol. The van der Waals surface area contributed by atoms with Crippen molar-refractivity contribution >= 4 is 22.0 Å². The molecular formula is C45H93N2O6PSi. The van der Waals surface area contributed by atoms with E-state index in [-0.39, 0.29) is 24.2 Å². The molecule has 0 aliphatic carbocycles. The van der Waals surface area contributed by atoms with Gasteiger partial charge in [-0.3, -0.25) is 9.36 Å². The number of quaternary nitrogens is 1. The van der Waals surface area contributed by atoms with Crippen molar-refractivity contribution in [1.29, 1.82) is 0 Å². The van der Waals surface area contributed by atoms with Crippen LogP contribution in [-0.4, -0.2) is 71.8 Å². The van der Waals surface area contributed by atoms with Crippen molar-refractivity contribution in [3.05, 3.63) is 12.2 Å². The van der Waals surface area contributed by atoms with E-state index in [0.29, 0.717) is 17.4 Å². The summed E-state index contributed by atoms with van der Waals surface area (Å²) < 4.78 is 31.1. The average Bonchev–Trinajstić information content (AvgIpc) is 3.09. The number of amides is 1. The fourth-order valence-electron chi connectivity index (χ4n) is 6.37. The monoisotopic (exact) mass is 818 g/mol. The zero-order chi connectivity index (χ0) is 41.5. The van der Waals surface area contributed by atoms with Crippen molar-refractivity contribution in [3.8, 4) is 0 Å². The fourth-order valence-corrected chi connectivity index (χ4v) is 8.37. The third-order valence-electron chi connectivity index (χ3n) is 11.2. The molecule has 0 rings (SSSR count). The van der Waals surface area contributed by atoms with E-state index in [4.69, 9.17) is 13.5 Å². The zero-order valence-corrected chi connectivity index (χ0v) is 40.1. The Kier molecular flexibility index (Phi) is 32.0. The first-order valence-corrected chi connectivity index (χ1v) is 27.4. The molecule has 0 aromatic carbocycles. The predicted molar refractivity (Wildman–Crippen MR) is 237 cm³/mol. The lowest BCUT2D eigenvalue weighted by Crippen LogP contribution is -2.52. The maximum atomic E-state index is 13.4. The van der Waals surface area contributed by atoms with Crippen LogP contribution >= 0.6 is 7.82 Å². The van der Waals surface area contributed by atoms with Gasteiger partial charge in [-0.2, -0.15) is 0 Å². The van der Waals surface area contributed by atoms with Gasteiger partial charge in [0.2, 0.25) is 5.91 Å². The highest BCUT2D eigenvalue weighted by Crippen LogP contribution is 2.40. The van der Waals surface area contributed by atoms with Gasteiger partial charge in [-0.1, -0.05) is 188 Å². The average molecular weight is 818 g/mol. The van der Waals surface area contributed by atoms with E-state index in [2.05, 4.69) is 59.1 Å². The summed E-state index contributed by atoms with van der Waals surface area (Å²) in [6, 6.07) is -0.665. The van der Waals surface area contributed by atoms with Crippen LogP contribution in [0.1, 0.15) is 202 Å². The Morgan fingerprint density at radius 3 is 1.55 bits per heavy atom. The minimum atomic E-state index is -4.59. The second kappa shape index (κ2) is 32.3. The molecule has 0 bridgehead atoms. The Morgan fingerprint density at radius 1 is 0.709 bits per heavy atom. The number of carbonyl (C=O) groups excluding carboxylic acids is 1. The van der Waals surface area contributed by atoms with Crippen molar-refractivity contribution in [2.75, 3.05) is 40.9 Å². The van der Waals surface area contributed by atoms with Gasteiger partial charge in [0.1, 0.15) is 13.2 Å². The summed E-state index contributed by atoms with van der Waals surface area (Å²) in [5.41, 5.74) is 0. The number of hydrogen-bond acceptors (Lipinski definition) is 6. The van der Waals surface area contributed by atoms with E-state index in [1.54, 1.807) is 0 Å². The van der Waals surface area contributed by atoms with E-state index in [0.717, 1.165) is 32.1 Å². The van der Waals surface area contributed by atoms with Gasteiger partial charge in [-0.05, 0) is 37.4 Å². The number of carbonyl (C=O) groups is 1. The predicted octanol–water partition coefficient (Wildman–Crippen LogP) is 12.8. The van der Waals surface area contributed by atoms with Crippen LogP contribution in [0.25, 0.3) is 0 Å². The van der Waals surface area contributed by atoms with Gasteiger partial charge < -0.3 is 28.2 Å². The van der Waals surface area contributed by atoms with Crippen LogP contribution in [0.2, 0.25) is 18.1 Å². The number of allylic oxidation sites excluding steroid dienone is 1. The molecule has 0 saturated heterocycles. The summed E-state index contributed by atoms with van der Waals surface area (Å²) >= 11 is 0. The molecule has 0 radical (unpaired) electrons. The highest BCUT2D eigenvalue weighted by Gasteiger charge is 2.40. The van der Waals surface area contributed by atoms with Gasteiger partial charge in [0.05, 0.1) is 39.9 Å². The summed E-state index contributed by atoms with van der Waals surface area (Å²) in [4.78, 5) is 26.3. The highest BCUT2D eigenvalue weighted by atomic mass is 31.2. The molecule has 0 heterocycles. The number of nitrogens with zero attached hydrogens (tertiary/aromatic N) is 1. The molecule has 0 aliphatic rings. The Balaban J connectivity index is 5.34. The Hall–Kier alpha value is -0.543. The SMILES string of the molecule is CCCCCCCCCCCCC/C=C/[C@@H](O[Si](C)(C)C(C)(C)C)[C@H](COP(=O)([O-])OCC[N+](C)(C)C)NC(=O)CCCCCCCCCC[13CH2]CCCC. The van der Waals surface area contributed by atoms with Crippen molar-refractivity contribution in [2.45, 2.75) is 232 Å². The van der Waals surface area contributed by atoms with Crippen LogP contribution in [-0.2, 0) is 22.8 Å². The molecule has 1 N–H and O–H groups in total. The standard InChI is InChI=1S/C45H93N2O6PSi/c1-11-13-15-17-19-21-23-25-27-29-31-33-35-37-43(53-55(9,10)45(3,4)5)42(41-52-54(49,50)51-40-39-47(6,7)8)46-44(48)38-36-34-32-30-28-26-24-22-20-18-16-14-12-2/h35,37,42-43H,11-34,36,38-41H2,1-10H3,(H-,46,48,49,50)/b37-35+/t42-,43+/m0/s1/i18+1. The summed E-state index contributed by atoms with van der Waals surface area (Å²) in [5, 5.41) is 3.08. The minimum Gasteiger partial charge on any atom is -0.756 e. The number of phosphoric ester groups is 1.